The van der Waals surface area contributed by atoms with Crippen molar-refractivity contribution in [2.45, 2.75) is 12.1 Å². The second kappa shape index (κ2) is 9.74. The Bertz CT molecular complexity index is 999. The average molecular weight is 414 g/mol. The Morgan fingerprint density at radius 1 is 1.07 bits per heavy atom. The van der Waals surface area contributed by atoms with Gasteiger partial charge in [0.05, 0.1) is 17.9 Å². The molecule has 3 aromatic rings. The summed E-state index contributed by atoms with van der Waals surface area (Å²) in [6.07, 6.45) is 0. The van der Waals surface area contributed by atoms with Gasteiger partial charge in [-0.25, -0.2) is 9.78 Å². The van der Waals surface area contributed by atoms with E-state index in [4.69, 9.17) is 13.9 Å². The number of fused-ring (bicyclic) bond motifs is 1. The van der Waals surface area contributed by atoms with Crippen molar-refractivity contribution >= 4 is 46.4 Å². The second-order valence-corrected chi connectivity index (χ2v) is 6.64. The zero-order valence-electron chi connectivity index (χ0n) is 15.5. The molecule has 29 heavy (non-hydrogen) atoms. The number of carbonyl (C=O) groups excluding carboxylic acids is 3. The standard InChI is InChI=1S/C20H18N2O6S/c1-2-26-19(25)13-7-3-4-8-14(13)21-17(23)11-27-18(24)12-29-20-22-15-9-5-6-10-16(15)28-20/h3-10H,2,11-12H2,1H3,(H,21,23). The number of rotatable bonds is 8. The number of anilines is 1. The minimum absolute atomic E-state index is 0.0560. The van der Waals surface area contributed by atoms with Gasteiger partial charge in [-0.1, -0.05) is 36.0 Å². The number of esters is 2. The molecule has 0 saturated carbocycles. The summed E-state index contributed by atoms with van der Waals surface area (Å²) in [6, 6.07) is 13.7. The van der Waals surface area contributed by atoms with Gasteiger partial charge in [0.1, 0.15) is 11.3 Å². The van der Waals surface area contributed by atoms with Crippen LogP contribution in [-0.4, -0.2) is 41.8 Å². The predicted octanol–water partition coefficient (Wildman–Crippen LogP) is 3.28. The molecule has 0 aliphatic heterocycles. The number of amides is 1. The largest absolute Gasteiger partial charge is 0.462 e. The summed E-state index contributed by atoms with van der Waals surface area (Å²) >= 11 is 1.08. The monoisotopic (exact) mass is 414 g/mol. The lowest BCUT2D eigenvalue weighted by Gasteiger charge is -2.10. The van der Waals surface area contributed by atoms with E-state index < -0.39 is 24.5 Å². The molecule has 1 amide bonds. The molecule has 0 fully saturated rings. The Labute approximate surface area is 170 Å². The van der Waals surface area contributed by atoms with Crippen molar-refractivity contribution in [3.8, 4) is 0 Å². The molecule has 0 unspecified atom stereocenters. The fourth-order valence-electron chi connectivity index (χ4n) is 2.39. The molecule has 0 aliphatic rings. The molecule has 1 aromatic heterocycles. The number of hydrogen-bond donors (Lipinski definition) is 1. The number of ether oxygens (including phenoxy) is 2. The van der Waals surface area contributed by atoms with Crippen molar-refractivity contribution in [1.29, 1.82) is 0 Å². The Balaban J connectivity index is 1.48. The molecular formula is C20H18N2O6S. The number of nitrogens with one attached hydrogen (secondary N) is 1. The van der Waals surface area contributed by atoms with Gasteiger partial charge in [0.25, 0.3) is 11.1 Å². The predicted molar refractivity (Wildman–Crippen MR) is 107 cm³/mol. The molecule has 1 N–H and O–H groups in total. The van der Waals surface area contributed by atoms with Crippen molar-refractivity contribution in [2.75, 3.05) is 24.3 Å². The van der Waals surface area contributed by atoms with E-state index in [1.807, 2.05) is 12.1 Å². The number of aromatic nitrogens is 1. The molecule has 0 aliphatic carbocycles. The smallest absolute Gasteiger partial charge is 0.340 e. The number of carbonyl (C=O) groups is 3. The van der Waals surface area contributed by atoms with E-state index in [9.17, 15) is 14.4 Å². The molecule has 0 atom stereocenters. The number of thioether (sulfide) groups is 1. The van der Waals surface area contributed by atoms with E-state index in [-0.39, 0.29) is 23.6 Å². The van der Waals surface area contributed by atoms with Gasteiger partial charge in [-0.05, 0) is 31.2 Å². The van der Waals surface area contributed by atoms with Gasteiger partial charge >= 0.3 is 11.9 Å². The molecule has 1 heterocycles. The lowest BCUT2D eigenvalue weighted by molar-refractivity contribution is -0.144. The fraction of sp³-hybridized carbons (Fsp3) is 0.200. The molecule has 3 rings (SSSR count). The number of hydrogen-bond acceptors (Lipinski definition) is 8. The molecule has 150 valence electrons. The molecule has 8 nitrogen and oxygen atoms in total. The molecule has 0 spiro atoms. The van der Waals surface area contributed by atoms with Crippen molar-refractivity contribution in [3.05, 3.63) is 54.1 Å². The molecule has 0 saturated heterocycles. The van der Waals surface area contributed by atoms with Crippen molar-refractivity contribution in [3.63, 3.8) is 0 Å². The molecule has 9 heteroatoms. The highest BCUT2D eigenvalue weighted by Crippen LogP contribution is 2.23. The number of oxazole rings is 1. The third-order valence-electron chi connectivity index (χ3n) is 3.65. The van der Waals surface area contributed by atoms with Crippen LogP contribution in [0.5, 0.6) is 0 Å². The summed E-state index contributed by atoms with van der Waals surface area (Å²) in [7, 11) is 0. The van der Waals surface area contributed by atoms with Crippen molar-refractivity contribution < 1.29 is 28.3 Å². The maximum absolute atomic E-state index is 12.1. The fourth-order valence-corrected chi connectivity index (χ4v) is 3.02. The minimum Gasteiger partial charge on any atom is -0.462 e. The van der Waals surface area contributed by atoms with Gasteiger partial charge in [-0.3, -0.25) is 9.59 Å². The molecule has 0 bridgehead atoms. The highest BCUT2D eigenvalue weighted by Gasteiger charge is 2.15. The van der Waals surface area contributed by atoms with E-state index in [2.05, 4.69) is 10.3 Å². The Morgan fingerprint density at radius 2 is 1.83 bits per heavy atom. The van der Waals surface area contributed by atoms with E-state index >= 15 is 0 Å². The van der Waals surface area contributed by atoms with Gasteiger partial charge in [0.2, 0.25) is 0 Å². The highest BCUT2D eigenvalue weighted by atomic mass is 32.2. The lowest BCUT2D eigenvalue weighted by atomic mass is 10.2. The van der Waals surface area contributed by atoms with Crippen LogP contribution < -0.4 is 5.32 Å². The van der Waals surface area contributed by atoms with Gasteiger partial charge in [-0.15, -0.1) is 0 Å². The zero-order chi connectivity index (χ0) is 20.6. The van der Waals surface area contributed by atoms with Crippen LogP contribution in [-0.2, 0) is 19.1 Å². The van der Waals surface area contributed by atoms with E-state index in [0.29, 0.717) is 16.3 Å². The maximum Gasteiger partial charge on any atom is 0.340 e. The van der Waals surface area contributed by atoms with Crippen molar-refractivity contribution in [1.82, 2.24) is 4.98 Å². The SMILES string of the molecule is CCOC(=O)c1ccccc1NC(=O)COC(=O)CSc1nc2ccccc2o1. The van der Waals surface area contributed by atoms with Crippen LogP contribution in [0.25, 0.3) is 11.1 Å². The first kappa shape index (κ1) is 20.4. The van der Waals surface area contributed by atoms with E-state index in [1.54, 1.807) is 37.3 Å². The minimum atomic E-state index is -0.592. The Morgan fingerprint density at radius 3 is 2.62 bits per heavy atom. The van der Waals surface area contributed by atoms with Gasteiger partial charge < -0.3 is 19.2 Å². The van der Waals surface area contributed by atoms with Crippen LogP contribution in [0.4, 0.5) is 5.69 Å². The highest BCUT2D eigenvalue weighted by molar-refractivity contribution is 7.99. The van der Waals surface area contributed by atoms with E-state index in [0.717, 1.165) is 11.8 Å². The van der Waals surface area contributed by atoms with Crippen LogP contribution in [0.3, 0.4) is 0 Å². The quantitative estimate of drug-likeness (QED) is 0.442. The second-order valence-electron chi connectivity index (χ2n) is 5.71. The number of nitrogens with zero attached hydrogens (tertiary/aromatic N) is 1. The van der Waals surface area contributed by atoms with Gasteiger partial charge in [0, 0.05) is 0 Å². The first-order valence-corrected chi connectivity index (χ1v) is 9.75. The summed E-state index contributed by atoms with van der Waals surface area (Å²) in [4.78, 5) is 40.1. The average Bonchev–Trinajstić information content (AvgIpc) is 3.14. The molecule has 2 aromatic carbocycles. The number of para-hydroxylation sites is 3. The lowest BCUT2D eigenvalue weighted by Crippen LogP contribution is -2.23. The van der Waals surface area contributed by atoms with Crippen molar-refractivity contribution in [2.24, 2.45) is 0 Å². The third-order valence-corrected chi connectivity index (χ3v) is 4.45. The van der Waals surface area contributed by atoms with E-state index in [1.165, 1.54) is 6.07 Å². The summed E-state index contributed by atoms with van der Waals surface area (Å²) in [5, 5.41) is 2.89. The molecule has 0 radical (unpaired) electrons. The molecular weight excluding hydrogens is 396 g/mol. The van der Waals surface area contributed by atoms with Crippen LogP contribution >= 0.6 is 11.8 Å². The Hall–Kier alpha value is -3.33. The maximum atomic E-state index is 12.1. The van der Waals surface area contributed by atoms with Crippen LogP contribution in [0.1, 0.15) is 17.3 Å². The third kappa shape index (κ3) is 5.58. The van der Waals surface area contributed by atoms with Gasteiger partial charge in [-0.2, -0.15) is 0 Å². The number of benzene rings is 2. The van der Waals surface area contributed by atoms with Crippen LogP contribution in [0.15, 0.2) is 58.2 Å². The zero-order valence-corrected chi connectivity index (χ0v) is 16.4. The van der Waals surface area contributed by atoms with Crippen LogP contribution in [0, 0.1) is 0 Å². The summed E-state index contributed by atoms with van der Waals surface area (Å²) in [5.41, 5.74) is 1.83. The Kier molecular flexibility index (Phi) is 6.85. The first-order valence-electron chi connectivity index (χ1n) is 8.77. The van der Waals surface area contributed by atoms with Crippen LogP contribution in [0.2, 0.25) is 0 Å². The normalized spacial score (nSPS) is 10.5. The van der Waals surface area contributed by atoms with Gasteiger partial charge in [0.15, 0.2) is 12.2 Å². The summed E-state index contributed by atoms with van der Waals surface area (Å²) in [6.45, 7) is 1.43. The summed E-state index contributed by atoms with van der Waals surface area (Å²) < 4.78 is 15.4. The first-order chi connectivity index (χ1) is 14.1. The summed E-state index contributed by atoms with van der Waals surface area (Å²) in [5.74, 6) is -1.76. The topological polar surface area (TPSA) is 108 Å².